The third-order valence-electron chi connectivity index (χ3n) is 7.63. The molecule has 2 aromatic heterocycles. The maximum Gasteiger partial charge on any atom is 0.411 e. The third-order valence-corrected chi connectivity index (χ3v) is 7.95. The van der Waals surface area contributed by atoms with Gasteiger partial charge in [-0.3, -0.25) is 14.7 Å². The highest BCUT2D eigenvalue weighted by atomic mass is 35.5. The Morgan fingerprint density at radius 1 is 1.10 bits per heavy atom. The van der Waals surface area contributed by atoms with E-state index >= 15 is 0 Å². The molecule has 2 heterocycles. The van der Waals surface area contributed by atoms with Crippen molar-refractivity contribution in [3.8, 4) is 16.8 Å². The van der Waals surface area contributed by atoms with Gasteiger partial charge in [0.25, 0.3) is 12.3 Å². The Kier molecular flexibility index (Phi) is 9.84. The first kappa shape index (κ1) is 35.1. The number of carbonyl (C=O) groups is 2. The van der Waals surface area contributed by atoms with Crippen LogP contribution in [0.5, 0.6) is 0 Å². The van der Waals surface area contributed by atoms with E-state index in [1.807, 2.05) is 5.32 Å². The SMILES string of the molecule is CN=C(N)N(C(=O)c1ccc(-c2cnn(C(F)F)c2)cc1)C(COC(=O)NC1(C(F)(F)F)CC1)c1ccc(Cl)c(-n2ncnc2C(F)F)c1. The van der Waals surface area contributed by atoms with Gasteiger partial charge in [-0.1, -0.05) is 29.8 Å². The van der Waals surface area contributed by atoms with Crippen molar-refractivity contribution in [3.05, 3.63) is 83.2 Å². The Morgan fingerprint density at radius 3 is 2.37 bits per heavy atom. The molecule has 2 aromatic carbocycles. The van der Waals surface area contributed by atoms with Crippen LogP contribution in [0.3, 0.4) is 0 Å². The Balaban J connectivity index is 1.52. The summed E-state index contributed by atoms with van der Waals surface area (Å²) >= 11 is 6.32. The van der Waals surface area contributed by atoms with Gasteiger partial charge in [-0.15, -0.1) is 0 Å². The lowest BCUT2D eigenvalue weighted by molar-refractivity contribution is -0.164. The van der Waals surface area contributed by atoms with Crippen LogP contribution in [-0.2, 0) is 4.74 Å². The summed E-state index contributed by atoms with van der Waals surface area (Å²) < 4.78 is 100. The molecule has 49 heavy (non-hydrogen) atoms. The number of rotatable bonds is 10. The molecule has 1 atom stereocenters. The van der Waals surface area contributed by atoms with Crippen LogP contribution in [0.15, 0.2) is 66.2 Å². The quantitative estimate of drug-likeness (QED) is 0.115. The van der Waals surface area contributed by atoms with Crippen LogP contribution >= 0.6 is 11.6 Å². The first-order chi connectivity index (χ1) is 23.2. The van der Waals surface area contributed by atoms with E-state index in [0.29, 0.717) is 15.8 Å². The van der Waals surface area contributed by atoms with E-state index in [1.165, 1.54) is 55.7 Å². The van der Waals surface area contributed by atoms with Gasteiger partial charge in [0.05, 0.1) is 22.9 Å². The monoisotopic (exact) mass is 715 g/mol. The lowest BCUT2D eigenvalue weighted by Crippen LogP contribution is -2.49. The number of carbonyl (C=O) groups excluding carboxylic acids is 2. The van der Waals surface area contributed by atoms with Crippen molar-refractivity contribution in [2.24, 2.45) is 10.7 Å². The fraction of sp³-hybridized carbons (Fsp3) is 0.310. The molecule has 0 radical (unpaired) electrons. The van der Waals surface area contributed by atoms with E-state index in [1.54, 1.807) is 0 Å². The number of alkyl halides is 7. The number of nitrogens with zero attached hydrogens (tertiary/aromatic N) is 7. The molecule has 3 N–H and O–H groups in total. The molecule has 20 heteroatoms. The Morgan fingerprint density at radius 2 is 1.80 bits per heavy atom. The van der Waals surface area contributed by atoms with E-state index in [-0.39, 0.29) is 34.7 Å². The summed E-state index contributed by atoms with van der Waals surface area (Å²) in [5.41, 5.74) is 4.37. The van der Waals surface area contributed by atoms with Gasteiger partial charge in [-0.2, -0.15) is 32.1 Å². The molecule has 0 saturated heterocycles. The van der Waals surface area contributed by atoms with Gasteiger partial charge in [0.2, 0.25) is 0 Å². The molecule has 5 rings (SSSR count). The Labute approximate surface area is 277 Å². The number of halogens is 8. The van der Waals surface area contributed by atoms with E-state index in [2.05, 4.69) is 20.2 Å². The first-order valence-electron chi connectivity index (χ1n) is 14.1. The van der Waals surface area contributed by atoms with E-state index in [4.69, 9.17) is 22.1 Å². The number of amides is 2. The highest BCUT2D eigenvalue weighted by Crippen LogP contribution is 2.49. The van der Waals surface area contributed by atoms with Crippen molar-refractivity contribution in [2.45, 2.75) is 43.6 Å². The number of aliphatic imine (C=N–C) groups is 1. The summed E-state index contributed by atoms with van der Waals surface area (Å²) in [5.74, 6) is -2.04. The summed E-state index contributed by atoms with van der Waals surface area (Å²) in [6.07, 6.45) is -6.82. The molecule has 0 aliphatic heterocycles. The van der Waals surface area contributed by atoms with Crippen LogP contribution in [-0.4, -0.2) is 72.8 Å². The smallest absolute Gasteiger partial charge is 0.411 e. The van der Waals surface area contributed by atoms with Crippen LogP contribution in [0, 0.1) is 0 Å². The molecule has 0 bridgehead atoms. The average Bonchev–Trinajstić information content (AvgIpc) is 3.45. The molecule has 1 unspecified atom stereocenters. The zero-order valence-corrected chi connectivity index (χ0v) is 25.8. The van der Waals surface area contributed by atoms with Gasteiger partial charge < -0.3 is 15.8 Å². The number of ether oxygens (including phenoxy) is 1. The first-order valence-corrected chi connectivity index (χ1v) is 14.5. The second kappa shape index (κ2) is 13.7. The van der Waals surface area contributed by atoms with Gasteiger partial charge >= 0.3 is 18.8 Å². The zero-order valence-electron chi connectivity index (χ0n) is 25.1. The molecule has 4 aromatic rings. The minimum absolute atomic E-state index is 0.0227. The molecule has 1 fully saturated rings. The second-order valence-electron chi connectivity index (χ2n) is 10.7. The minimum atomic E-state index is -4.75. The maximum absolute atomic E-state index is 14.0. The molecular formula is C29H25ClF7N9O3. The molecule has 0 spiro atoms. The second-order valence-corrected chi connectivity index (χ2v) is 11.1. The molecule has 1 aliphatic carbocycles. The highest BCUT2D eigenvalue weighted by Gasteiger charge is 2.64. The Bertz CT molecular complexity index is 1860. The summed E-state index contributed by atoms with van der Waals surface area (Å²) in [6.45, 7) is -3.67. The lowest BCUT2D eigenvalue weighted by atomic mass is 10.0. The molecule has 260 valence electrons. The fourth-order valence-corrected chi connectivity index (χ4v) is 5.04. The summed E-state index contributed by atoms with van der Waals surface area (Å²) in [6, 6.07) is 8.00. The molecule has 1 saturated carbocycles. The predicted molar refractivity (Wildman–Crippen MR) is 159 cm³/mol. The number of hydrogen-bond acceptors (Lipinski definition) is 7. The van der Waals surface area contributed by atoms with Gasteiger partial charge in [-0.25, -0.2) is 27.9 Å². The van der Waals surface area contributed by atoms with Gasteiger partial charge in [0, 0.05) is 24.4 Å². The van der Waals surface area contributed by atoms with E-state index in [9.17, 15) is 40.3 Å². The maximum atomic E-state index is 14.0. The minimum Gasteiger partial charge on any atom is -0.447 e. The number of benzene rings is 2. The van der Waals surface area contributed by atoms with Gasteiger partial charge in [-0.05, 0) is 48.2 Å². The third kappa shape index (κ3) is 7.30. The fourth-order valence-electron chi connectivity index (χ4n) is 4.85. The molecule has 1 aliphatic rings. The number of aromatic nitrogens is 5. The zero-order chi connectivity index (χ0) is 35.7. The van der Waals surface area contributed by atoms with E-state index < -0.39 is 61.1 Å². The van der Waals surface area contributed by atoms with Crippen molar-refractivity contribution in [1.29, 1.82) is 0 Å². The normalized spacial score (nSPS) is 15.0. The van der Waals surface area contributed by atoms with Gasteiger partial charge in [0.15, 0.2) is 11.8 Å². The van der Waals surface area contributed by atoms with Crippen LogP contribution in [0.4, 0.5) is 35.5 Å². The molecular weight excluding hydrogens is 691 g/mol. The van der Waals surface area contributed by atoms with Crippen LogP contribution < -0.4 is 11.1 Å². The lowest BCUT2D eigenvalue weighted by Gasteiger charge is -2.31. The summed E-state index contributed by atoms with van der Waals surface area (Å²) in [4.78, 5) is 35.0. The molecule has 2 amide bonds. The van der Waals surface area contributed by atoms with Gasteiger partial charge in [0.1, 0.15) is 18.5 Å². The number of nitrogens with two attached hydrogens (primary N) is 1. The number of alkyl carbamates (subject to hydrolysis) is 1. The van der Waals surface area contributed by atoms with Crippen molar-refractivity contribution in [2.75, 3.05) is 13.7 Å². The van der Waals surface area contributed by atoms with Crippen LogP contribution in [0.1, 0.15) is 53.6 Å². The average molecular weight is 716 g/mol. The largest absolute Gasteiger partial charge is 0.447 e. The summed E-state index contributed by atoms with van der Waals surface area (Å²) in [5, 5.41) is 9.12. The number of guanidine groups is 1. The standard InChI is InChI=1S/C29H25ClF7N9O3/c1-39-26(38)45(24(47)16-4-2-15(3-5-16)18-11-41-44(12-18)25(33)34)21(13-49-27(48)43-28(8-9-28)29(35,36)37)17-6-7-19(30)20(10-17)46-23(22(31)32)40-14-42-46/h2-7,10-12,14,21-22,25H,8-9,13H2,1H3,(H2,38,39)(H,43,48). The van der Waals surface area contributed by atoms with Crippen molar-refractivity contribution < 1.29 is 45.1 Å². The van der Waals surface area contributed by atoms with E-state index in [0.717, 1.165) is 22.1 Å². The molecule has 12 nitrogen and oxygen atoms in total. The van der Waals surface area contributed by atoms with Crippen molar-refractivity contribution in [1.82, 2.24) is 34.8 Å². The topological polar surface area (TPSA) is 146 Å². The number of nitrogens with one attached hydrogen (secondary N) is 1. The highest BCUT2D eigenvalue weighted by molar-refractivity contribution is 6.32. The number of hydrogen-bond donors (Lipinski definition) is 2. The summed E-state index contributed by atoms with van der Waals surface area (Å²) in [7, 11) is 1.24. The van der Waals surface area contributed by atoms with Crippen LogP contribution in [0.25, 0.3) is 16.8 Å². The van der Waals surface area contributed by atoms with Crippen molar-refractivity contribution in [3.63, 3.8) is 0 Å². The Hall–Kier alpha value is -5.20. The van der Waals surface area contributed by atoms with Crippen LogP contribution in [0.2, 0.25) is 5.02 Å². The van der Waals surface area contributed by atoms with Crippen molar-refractivity contribution >= 4 is 29.6 Å². The predicted octanol–water partition coefficient (Wildman–Crippen LogP) is 6.07.